The quantitative estimate of drug-likeness (QED) is 0.0373. The molecule has 0 radical (unpaired) electrons. The number of anilines is 1. The lowest BCUT2D eigenvalue weighted by molar-refractivity contribution is -0.194. The number of nitrogens with zero attached hydrogens (tertiary/aromatic N) is 2. The summed E-state index contributed by atoms with van der Waals surface area (Å²) in [6.07, 6.45) is 3.94. The summed E-state index contributed by atoms with van der Waals surface area (Å²) in [6, 6.07) is 1.22. The van der Waals surface area contributed by atoms with E-state index in [9.17, 15) is 58.8 Å². The van der Waals surface area contributed by atoms with E-state index in [4.69, 9.17) is 29.0 Å². The van der Waals surface area contributed by atoms with Gasteiger partial charge in [-0.05, 0) is 31.2 Å². The molecule has 1 fully saturated rings. The van der Waals surface area contributed by atoms with E-state index in [1.54, 1.807) is 0 Å². The van der Waals surface area contributed by atoms with Crippen LogP contribution >= 0.6 is 15.6 Å². The normalized spacial score (nSPS) is 31.7. The summed E-state index contributed by atoms with van der Waals surface area (Å²) in [7, 11) is -11.3. The molecule has 21 nitrogen and oxygen atoms in total. The number of esters is 2. The van der Waals surface area contributed by atoms with Crippen molar-refractivity contribution < 1.29 is 81.6 Å². The minimum absolute atomic E-state index is 0.0604. The van der Waals surface area contributed by atoms with Crippen molar-refractivity contribution in [2.75, 3.05) is 25.6 Å². The molecule has 2 unspecified atom stereocenters. The first-order chi connectivity index (χ1) is 31.7. The van der Waals surface area contributed by atoms with Crippen molar-refractivity contribution in [1.82, 2.24) is 9.55 Å². The zero-order chi connectivity index (χ0) is 49.6. The van der Waals surface area contributed by atoms with E-state index in [1.165, 1.54) is 49.6 Å². The highest BCUT2D eigenvalue weighted by Crippen LogP contribution is 2.60. The first-order valence-corrected chi connectivity index (χ1v) is 26.5. The Morgan fingerprint density at radius 3 is 2.21 bits per heavy atom. The third-order valence-electron chi connectivity index (χ3n) is 11.5. The van der Waals surface area contributed by atoms with Gasteiger partial charge >= 0.3 is 33.3 Å². The average Bonchev–Trinajstić information content (AvgIpc) is 3.24. The second kappa shape index (κ2) is 30.0. The van der Waals surface area contributed by atoms with E-state index in [0.717, 1.165) is 55.7 Å². The molecule has 67 heavy (non-hydrogen) atoms. The molecule has 0 aromatic carbocycles. The van der Waals surface area contributed by atoms with Crippen molar-refractivity contribution >= 4 is 33.4 Å². The lowest BCUT2D eigenvalue weighted by atomic mass is 9.82. The minimum Gasteiger partial charge on any atom is -0.462 e. The number of hydrogen-bond donors (Lipinski definition) is 8. The van der Waals surface area contributed by atoms with E-state index in [0.29, 0.717) is 25.2 Å². The number of rotatable bonds is 20. The number of nitrogen functional groups attached to an aromatic ring is 1. The van der Waals surface area contributed by atoms with Crippen LogP contribution in [0.25, 0.3) is 0 Å². The van der Waals surface area contributed by atoms with Gasteiger partial charge in [-0.15, -0.1) is 0 Å². The number of aliphatic hydroxyl groups is 5. The molecule has 3 heterocycles. The molecule has 0 aliphatic carbocycles. The van der Waals surface area contributed by atoms with Gasteiger partial charge in [-0.1, -0.05) is 116 Å². The van der Waals surface area contributed by atoms with Gasteiger partial charge in [0.15, 0.2) is 6.10 Å². The van der Waals surface area contributed by atoms with E-state index >= 15 is 0 Å². The van der Waals surface area contributed by atoms with Crippen LogP contribution in [0, 0.1) is 17.8 Å². The number of unbranched alkanes of at least 4 members (excludes halogenated alkanes) is 9. The number of ether oxygens (including phenoxy) is 3. The van der Waals surface area contributed by atoms with Crippen molar-refractivity contribution in [2.45, 2.75) is 179 Å². The number of aromatic nitrogens is 2. The number of allylic oxidation sites excluding steroid dienone is 1. The second-order valence-corrected chi connectivity index (χ2v) is 20.8. The molecular weight excluding hydrogens is 920 g/mol. The van der Waals surface area contributed by atoms with Crippen LogP contribution in [0.4, 0.5) is 5.82 Å². The minimum atomic E-state index is -5.68. The van der Waals surface area contributed by atoms with Gasteiger partial charge in [-0.25, -0.2) is 13.9 Å². The highest BCUT2D eigenvalue weighted by atomic mass is 31.3. The Balaban J connectivity index is 1.89. The maximum atomic E-state index is 13.3. The molecule has 23 heteroatoms. The van der Waals surface area contributed by atoms with Gasteiger partial charge in [0.25, 0.3) is 0 Å². The topological polar surface area (TPSA) is 326 Å². The number of cyclic esters (lactones) is 1. The van der Waals surface area contributed by atoms with Crippen LogP contribution in [0.3, 0.4) is 0 Å². The van der Waals surface area contributed by atoms with E-state index < -0.39 is 127 Å². The molecule has 0 amide bonds. The summed E-state index contributed by atoms with van der Waals surface area (Å²) in [5.74, 6) is -3.72. The number of phosphoric ester groups is 2. The SMILES string of the molecule is CCCCC[C@@H](O)C=C[C@@H]1[C@H](O)[C@H](O)[C@H]2COP(=O)(O)OP(=O)(O)OC[C@@H](COC(=O)CCCCCCCCCCC(C)C)OC(=O)C/C=C\C[C@@H]([C@H](n3ccc(N)nc3=O)O2)[C@@H](O)C[C@H]1O. The number of carbonyl (C=O) groups is 2. The maximum absolute atomic E-state index is 13.3. The zero-order valence-electron chi connectivity index (χ0n) is 38.9. The monoisotopic (exact) mass is 995 g/mol. The molecule has 1 saturated heterocycles. The number of phosphoric acid groups is 2. The van der Waals surface area contributed by atoms with Crippen molar-refractivity contribution in [3.8, 4) is 0 Å². The molecule has 0 saturated carbocycles. The summed E-state index contributed by atoms with van der Waals surface area (Å²) < 4.78 is 58.4. The highest BCUT2D eigenvalue weighted by Gasteiger charge is 2.45. The van der Waals surface area contributed by atoms with E-state index in [-0.39, 0.29) is 18.7 Å². The first kappa shape index (κ1) is 58.4. The average molecular weight is 996 g/mol. The van der Waals surface area contributed by atoms with Crippen LogP contribution in [0.1, 0.15) is 136 Å². The van der Waals surface area contributed by atoms with Gasteiger partial charge in [0.2, 0.25) is 0 Å². The van der Waals surface area contributed by atoms with Crippen LogP contribution in [-0.4, -0.2) is 119 Å². The molecule has 3 rings (SSSR count). The second-order valence-electron chi connectivity index (χ2n) is 17.7. The van der Waals surface area contributed by atoms with Crippen LogP contribution in [0.2, 0.25) is 0 Å². The van der Waals surface area contributed by atoms with Crippen LogP contribution in [0.5, 0.6) is 0 Å². The Hall–Kier alpha value is -2.88. The van der Waals surface area contributed by atoms with Gasteiger partial charge in [-0.2, -0.15) is 9.29 Å². The zero-order valence-corrected chi connectivity index (χ0v) is 40.7. The molecule has 2 aliphatic rings. The number of aliphatic hydroxyl groups excluding tert-OH is 5. The number of fused-ring (bicyclic) bond motifs is 3. The number of nitrogens with two attached hydrogens (primary N) is 1. The third-order valence-corrected chi connectivity index (χ3v) is 14.1. The third kappa shape index (κ3) is 22.2. The Morgan fingerprint density at radius 1 is 0.910 bits per heavy atom. The van der Waals surface area contributed by atoms with Gasteiger partial charge in [0.1, 0.15) is 30.9 Å². The Kier molecular flexibility index (Phi) is 26.2. The van der Waals surface area contributed by atoms with Crippen molar-refractivity contribution in [2.24, 2.45) is 17.8 Å². The van der Waals surface area contributed by atoms with Gasteiger partial charge in [-0.3, -0.25) is 23.2 Å². The fourth-order valence-corrected chi connectivity index (χ4v) is 9.86. The number of hydrogen-bond acceptors (Lipinski definition) is 18. The lowest BCUT2D eigenvalue weighted by Crippen LogP contribution is -2.52. The summed E-state index contributed by atoms with van der Waals surface area (Å²) in [6.45, 7) is 3.64. The van der Waals surface area contributed by atoms with E-state index in [2.05, 4.69) is 23.1 Å². The predicted molar refractivity (Wildman–Crippen MR) is 245 cm³/mol. The molecule has 384 valence electrons. The largest absolute Gasteiger partial charge is 0.481 e. The van der Waals surface area contributed by atoms with E-state index in [1.807, 2.05) is 6.92 Å². The van der Waals surface area contributed by atoms with Crippen molar-refractivity contribution in [1.29, 1.82) is 0 Å². The van der Waals surface area contributed by atoms with Crippen LogP contribution < -0.4 is 11.4 Å². The molecule has 12 atom stereocenters. The Labute approximate surface area is 392 Å². The fourth-order valence-electron chi connectivity index (χ4n) is 7.75. The Bertz CT molecular complexity index is 1850. The number of carbonyl (C=O) groups excluding carboxylic acids is 2. The molecule has 0 spiro atoms. The van der Waals surface area contributed by atoms with Gasteiger partial charge < -0.3 is 55.3 Å². The maximum Gasteiger partial charge on any atom is 0.481 e. The predicted octanol–water partition coefficient (Wildman–Crippen LogP) is 4.90. The first-order valence-electron chi connectivity index (χ1n) is 23.5. The summed E-state index contributed by atoms with van der Waals surface area (Å²) in [5, 5.41) is 57.1. The smallest absolute Gasteiger partial charge is 0.462 e. The van der Waals surface area contributed by atoms with Crippen LogP contribution in [0.15, 0.2) is 41.4 Å². The van der Waals surface area contributed by atoms with Crippen molar-refractivity contribution in [3.05, 3.63) is 47.1 Å². The summed E-state index contributed by atoms with van der Waals surface area (Å²) in [4.78, 5) is 63.9. The lowest BCUT2D eigenvalue weighted by Gasteiger charge is -2.40. The molecule has 9 N–H and O–H groups in total. The summed E-state index contributed by atoms with van der Waals surface area (Å²) in [5.41, 5.74) is 4.72. The molecule has 1 aromatic rings. The highest BCUT2D eigenvalue weighted by molar-refractivity contribution is 7.61. The molecule has 1 aromatic heterocycles. The molecule has 2 aliphatic heterocycles. The molecule has 2 bridgehead atoms. The summed E-state index contributed by atoms with van der Waals surface area (Å²) >= 11 is 0. The Morgan fingerprint density at radius 2 is 1.55 bits per heavy atom. The standard InChI is InChI=1S/C44H75N3O18P2/c1-4-5-12-18-31(48)22-23-33-35(49)26-36(50)34-19-15-16-21-40(52)63-32(27-60-39(51)20-14-11-9-7-6-8-10-13-17-30(2)3)28-61-66(56,57)65-67(58,59)62-29-37(42(54)41(33)53)64-43(34)47-25-24-38(45)46-44(47)55/h15-16,22-25,30-37,41-43,48-50,53-54H,4-14,17-21,26-29H2,1-3H3,(H,56,57)(H,58,59)(H2,45,46,55)/b16-15-,23-22?/t31-,32-,33+,34-,35-,36+,37-,41+,42-,43-/m1/s1. The fraction of sp³-hybridized carbons (Fsp3) is 0.773. The van der Waals surface area contributed by atoms with Crippen molar-refractivity contribution in [3.63, 3.8) is 0 Å². The van der Waals surface area contributed by atoms with Crippen LogP contribution in [-0.2, 0) is 46.3 Å². The van der Waals surface area contributed by atoms with Gasteiger partial charge in [0, 0.05) is 30.9 Å². The molecular formula is C44H75N3O18P2. The van der Waals surface area contributed by atoms with Gasteiger partial charge in [0.05, 0.1) is 44.1 Å².